The van der Waals surface area contributed by atoms with Gasteiger partial charge in [-0.2, -0.15) is 0 Å². The van der Waals surface area contributed by atoms with Gasteiger partial charge in [0.2, 0.25) is 0 Å². The second-order valence-corrected chi connectivity index (χ2v) is 5.28. The van der Waals surface area contributed by atoms with Gasteiger partial charge in [-0.3, -0.25) is 0 Å². The summed E-state index contributed by atoms with van der Waals surface area (Å²) in [6.45, 7) is 2.02. The molecule has 0 saturated carbocycles. The summed E-state index contributed by atoms with van der Waals surface area (Å²) in [5.74, 6) is 1.65. The lowest BCUT2D eigenvalue weighted by Crippen LogP contribution is -2.19. The third kappa shape index (κ3) is 2.27. The summed E-state index contributed by atoms with van der Waals surface area (Å²) >= 11 is 0. The normalized spacial score (nSPS) is 17.6. The SMILES string of the molecule is COc1ccc(-c2ncc3c(n2)CCCC3N)cc1C. The molecule has 0 saturated heterocycles. The number of aryl methyl sites for hydroxylation is 2. The van der Waals surface area contributed by atoms with Gasteiger partial charge in [-0.1, -0.05) is 0 Å². The molecule has 1 atom stereocenters. The topological polar surface area (TPSA) is 61.0 Å². The van der Waals surface area contributed by atoms with Gasteiger partial charge in [-0.15, -0.1) is 0 Å². The minimum atomic E-state index is 0.0883. The largest absolute Gasteiger partial charge is 0.496 e. The van der Waals surface area contributed by atoms with Crippen molar-refractivity contribution in [2.45, 2.75) is 32.2 Å². The molecule has 0 fully saturated rings. The zero-order valence-corrected chi connectivity index (χ0v) is 11.9. The lowest BCUT2D eigenvalue weighted by molar-refractivity contribution is 0.412. The maximum atomic E-state index is 6.10. The Morgan fingerprint density at radius 3 is 2.95 bits per heavy atom. The van der Waals surface area contributed by atoms with E-state index in [-0.39, 0.29) is 6.04 Å². The summed E-state index contributed by atoms with van der Waals surface area (Å²) in [7, 11) is 1.68. The van der Waals surface area contributed by atoms with Gasteiger partial charge in [0.1, 0.15) is 5.75 Å². The zero-order chi connectivity index (χ0) is 14.1. The van der Waals surface area contributed by atoms with Crippen molar-refractivity contribution in [3.63, 3.8) is 0 Å². The Balaban J connectivity index is 2.00. The number of fused-ring (bicyclic) bond motifs is 1. The fourth-order valence-electron chi connectivity index (χ4n) is 2.74. The summed E-state index contributed by atoms with van der Waals surface area (Å²) in [5.41, 5.74) is 10.4. The van der Waals surface area contributed by atoms with E-state index in [0.29, 0.717) is 0 Å². The van der Waals surface area contributed by atoms with Crippen LogP contribution in [0, 0.1) is 6.92 Å². The molecule has 1 aliphatic carbocycles. The molecule has 2 aromatic rings. The highest BCUT2D eigenvalue weighted by molar-refractivity contribution is 5.59. The van der Waals surface area contributed by atoms with Gasteiger partial charge in [-0.25, -0.2) is 9.97 Å². The van der Waals surface area contributed by atoms with E-state index in [1.807, 2.05) is 25.3 Å². The van der Waals surface area contributed by atoms with Gasteiger partial charge < -0.3 is 10.5 Å². The number of hydrogen-bond donors (Lipinski definition) is 1. The second-order valence-electron chi connectivity index (χ2n) is 5.28. The highest BCUT2D eigenvalue weighted by Crippen LogP contribution is 2.29. The molecular formula is C16H19N3O. The molecule has 3 rings (SSSR count). The van der Waals surface area contributed by atoms with Crippen LogP contribution in [0.1, 0.15) is 35.7 Å². The molecule has 1 heterocycles. The molecule has 0 amide bonds. The number of methoxy groups -OCH3 is 1. The van der Waals surface area contributed by atoms with Gasteiger partial charge in [-0.05, 0) is 49.9 Å². The molecular weight excluding hydrogens is 250 g/mol. The summed E-state index contributed by atoms with van der Waals surface area (Å²) in [5, 5.41) is 0. The second kappa shape index (κ2) is 5.21. The molecule has 0 radical (unpaired) electrons. The van der Waals surface area contributed by atoms with Crippen LogP contribution < -0.4 is 10.5 Å². The van der Waals surface area contributed by atoms with E-state index >= 15 is 0 Å². The van der Waals surface area contributed by atoms with Crippen LogP contribution in [0.5, 0.6) is 5.75 Å². The Morgan fingerprint density at radius 1 is 1.35 bits per heavy atom. The fourth-order valence-corrected chi connectivity index (χ4v) is 2.74. The molecule has 4 heteroatoms. The van der Waals surface area contributed by atoms with E-state index in [2.05, 4.69) is 11.1 Å². The number of nitrogens with two attached hydrogens (primary N) is 1. The van der Waals surface area contributed by atoms with Gasteiger partial charge in [0.15, 0.2) is 5.82 Å². The Kier molecular flexibility index (Phi) is 3.40. The number of benzene rings is 1. The third-order valence-corrected chi connectivity index (χ3v) is 3.88. The van der Waals surface area contributed by atoms with E-state index in [1.165, 1.54) is 0 Å². The standard InChI is InChI=1S/C16H19N3O/c1-10-8-11(6-7-15(10)20-2)16-18-9-12-13(17)4-3-5-14(12)19-16/h6-9,13H,3-5,17H2,1-2H3. The van der Waals surface area contributed by atoms with Gasteiger partial charge >= 0.3 is 0 Å². The van der Waals surface area contributed by atoms with Crippen molar-refractivity contribution < 1.29 is 4.74 Å². The van der Waals surface area contributed by atoms with Gasteiger partial charge in [0.05, 0.1) is 7.11 Å². The maximum Gasteiger partial charge on any atom is 0.159 e. The van der Waals surface area contributed by atoms with Crippen molar-refractivity contribution in [3.8, 4) is 17.1 Å². The van der Waals surface area contributed by atoms with Gasteiger partial charge in [0.25, 0.3) is 0 Å². The molecule has 1 aliphatic rings. The van der Waals surface area contributed by atoms with Crippen LogP contribution in [0.4, 0.5) is 0 Å². The quantitative estimate of drug-likeness (QED) is 0.910. The van der Waals surface area contributed by atoms with Crippen molar-refractivity contribution in [3.05, 3.63) is 41.2 Å². The molecule has 1 aromatic heterocycles. The average molecular weight is 269 g/mol. The lowest BCUT2D eigenvalue weighted by Gasteiger charge is -2.21. The number of hydrogen-bond acceptors (Lipinski definition) is 4. The molecule has 104 valence electrons. The zero-order valence-electron chi connectivity index (χ0n) is 11.9. The highest BCUT2D eigenvalue weighted by atomic mass is 16.5. The third-order valence-electron chi connectivity index (χ3n) is 3.88. The first-order valence-corrected chi connectivity index (χ1v) is 6.95. The number of aromatic nitrogens is 2. The minimum absolute atomic E-state index is 0.0883. The van der Waals surface area contributed by atoms with Crippen molar-refractivity contribution in [2.24, 2.45) is 5.73 Å². The van der Waals surface area contributed by atoms with Crippen LogP contribution >= 0.6 is 0 Å². The lowest BCUT2D eigenvalue weighted by atomic mass is 9.93. The van der Waals surface area contributed by atoms with Crippen LogP contribution in [-0.2, 0) is 6.42 Å². The first-order valence-electron chi connectivity index (χ1n) is 6.95. The van der Waals surface area contributed by atoms with E-state index in [1.54, 1.807) is 7.11 Å². The smallest absolute Gasteiger partial charge is 0.159 e. The fraction of sp³-hybridized carbons (Fsp3) is 0.375. The van der Waals surface area contributed by atoms with E-state index in [0.717, 1.165) is 53.2 Å². The van der Waals surface area contributed by atoms with Crippen LogP contribution in [-0.4, -0.2) is 17.1 Å². The van der Waals surface area contributed by atoms with E-state index in [9.17, 15) is 0 Å². The number of nitrogens with zero attached hydrogens (tertiary/aromatic N) is 2. The summed E-state index contributed by atoms with van der Waals surface area (Å²) in [6, 6.07) is 6.10. The Labute approximate surface area is 119 Å². The van der Waals surface area contributed by atoms with Crippen molar-refractivity contribution in [1.82, 2.24) is 9.97 Å². The molecule has 2 N–H and O–H groups in total. The molecule has 1 aromatic carbocycles. The molecule has 0 aliphatic heterocycles. The predicted octanol–water partition coefficient (Wildman–Crippen LogP) is 2.80. The van der Waals surface area contributed by atoms with Crippen LogP contribution in [0.2, 0.25) is 0 Å². The molecule has 20 heavy (non-hydrogen) atoms. The number of ether oxygens (including phenoxy) is 1. The molecule has 0 bridgehead atoms. The first-order chi connectivity index (χ1) is 9.69. The minimum Gasteiger partial charge on any atom is -0.496 e. The summed E-state index contributed by atoms with van der Waals surface area (Å²) in [4.78, 5) is 9.18. The van der Waals surface area contributed by atoms with Crippen LogP contribution in [0.15, 0.2) is 24.4 Å². The van der Waals surface area contributed by atoms with Crippen LogP contribution in [0.3, 0.4) is 0 Å². The number of rotatable bonds is 2. The molecule has 1 unspecified atom stereocenters. The first kappa shape index (κ1) is 13.1. The predicted molar refractivity (Wildman–Crippen MR) is 78.6 cm³/mol. The van der Waals surface area contributed by atoms with Crippen molar-refractivity contribution >= 4 is 0 Å². The molecule has 4 nitrogen and oxygen atoms in total. The van der Waals surface area contributed by atoms with Crippen molar-refractivity contribution in [1.29, 1.82) is 0 Å². The summed E-state index contributed by atoms with van der Waals surface area (Å²) < 4.78 is 5.28. The van der Waals surface area contributed by atoms with E-state index in [4.69, 9.17) is 15.5 Å². The van der Waals surface area contributed by atoms with Crippen LogP contribution in [0.25, 0.3) is 11.4 Å². The Hall–Kier alpha value is -1.94. The Bertz CT molecular complexity index is 640. The monoisotopic (exact) mass is 269 g/mol. The van der Waals surface area contributed by atoms with Crippen molar-refractivity contribution in [2.75, 3.05) is 7.11 Å². The summed E-state index contributed by atoms with van der Waals surface area (Å²) in [6.07, 6.45) is 5.01. The Morgan fingerprint density at radius 2 is 2.20 bits per heavy atom. The highest BCUT2D eigenvalue weighted by Gasteiger charge is 2.19. The average Bonchev–Trinajstić information content (AvgIpc) is 2.47. The molecule has 0 spiro atoms. The van der Waals surface area contributed by atoms with E-state index < -0.39 is 0 Å². The van der Waals surface area contributed by atoms with Gasteiger partial charge in [0, 0.05) is 29.1 Å². The maximum absolute atomic E-state index is 6.10.